The number of hydrogen-bond donors (Lipinski definition) is 0. The summed E-state index contributed by atoms with van der Waals surface area (Å²) < 4.78 is 11.5. The summed E-state index contributed by atoms with van der Waals surface area (Å²) in [6.07, 6.45) is 1.80. The van der Waals surface area contributed by atoms with Gasteiger partial charge in [0.2, 0.25) is 0 Å². The fourth-order valence-electron chi connectivity index (χ4n) is 3.78. The third-order valence-electron chi connectivity index (χ3n) is 5.22. The number of carbonyl (C=O) groups is 2. The van der Waals surface area contributed by atoms with E-state index in [1.54, 1.807) is 0 Å². The van der Waals surface area contributed by atoms with Crippen molar-refractivity contribution in [3.63, 3.8) is 0 Å². The Morgan fingerprint density at radius 3 is 2.42 bits per heavy atom. The number of piperidine rings is 1. The van der Waals surface area contributed by atoms with Gasteiger partial charge >= 0.3 is 6.03 Å². The van der Waals surface area contributed by atoms with Crippen molar-refractivity contribution in [1.82, 2.24) is 9.80 Å². The molecule has 0 N–H and O–H groups in total. The van der Waals surface area contributed by atoms with E-state index in [-0.39, 0.29) is 11.8 Å². The molecule has 4 rings (SSSR count). The van der Waals surface area contributed by atoms with Crippen molar-refractivity contribution in [2.75, 3.05) is 39.4 Å². The minimum Gasteiger partial charge on any atom is -0.486 e. The Labute approximate surface area is 141 Å². The molecule has 6 nitrogen and oxygen atoms in total. The Kier molecular flexibility index (Phi) is 3.92. The molecule has 1 aromatic rings. The minimum atomic E-state index is -0.451. The van der Waals surface area contributed by atoms with Crippen LogP contribution in [-0.4, -0.2) is 66.6 Å². The Morgan fingerprint density at radius 2 is 1.67 bits per heavy atom. The first kappa shape index (κ1) is 15.4. The largest absolute Gasteiger partial charge is 0.486 e. The van der Waals surface area contributed by atoms with E-state index in [1.165, 1.54) is 0 Å². The molecule has 0 atom stereocenters. The van der Waals surface area contributed by atoms with Crippen molar-refractivity contribution in [2.24, 2.45) is 0 Å². The fraction of sp³-hybridized carbons (Fsp3) is 0.556. The van der Waals surface area contributed by atoms with Crippen LogP contribution in [-0.2, 0) is 4.74 Å². The lowest BCUT2D eigenvalue weighted by Gasteiger charge is -2.45. The Morgan fingerprint density at radius 1 is 1.00 bits per heavy atom. The number of likely N-dealkylation sites (tertiary alicyclic amines) is 1. The molecule has 0 radical (unpaired) electrons. The monoisotopic (exact) mass is 330 g/mol. The predicted molar refractivity (Wildman–Crippen MR) is 87.3 cm³/mol. The van der Waals surface area contributed by atoms with Gasteiger partial charge in [-0.15, -0.1) is 0 Å². The number of ketones is 1. The lowest BCUT2D eigenvalue weighted by atomic mass is 9.82. The molecular formula is C18H22N2O4. The summed E-state index contributed by atoms with van der Waals surface area (Å²) >= 11 is 0. The number of carbonyl (C=O) groups excluding carboxylic acids is 2. The molecule has 2 fully saturated rings. The van der Waals surface area contributed by atoms with Crippen molar-refractivity contribution in [3.8, 4) is 5.75 Å². The fourth-order valence-corrected chi connectivity index (χ4v) is 3.78. The highest BCUT2D eigenvalue weighted by Gasteiger charge is 2.44. The van der Waals surface area contributed by atoms with Crippen LogP contribution in [0.15, 0.2) is 24.3 Å². The summed E-state index contributed by atoms with van der Waals surface area (Å²) in [6, 6.07) is 7.51. The summed E-state index contributed by atoms with van der Waals surface area (Å²) in [4.78, 5) is 28.7. The van der Waals surface area contributed by atoms with Crippen molar-refractivity contribution in [2.45, 2.75) is 24.9 Å². The van der Waals surface area contributed by atoms with Gasteiger partial charge in [0.05, 0.1) is 25.2 Å². The van der Waals surface area contributed by atoms with Crippen molar-refractivity contribution in [3.05, 3.63) is 29.8 Å². The number of urea groups is 1. The van der Waals surface area contributed by atoms with E-state index in [0.29, 0.717) is 70.0 Å². The second kappa shape index (κ2) is 6.09. The molecule has 2 saturated heterocycles. The van der Waals surface area contributed by atoms with E-state index in [9.17, 15) is 9.59 Å². The average Bonchev–Trinajstić information content (AvgIpc) is 2.62. The van der Waals surface area contributed by atoms with Crippen LogP contribution in [0.4, 0.5) is 4.79 Å². The highest BCUT2D eigenvalue weighted by molar-refractivity contribution is 6.00. The Bertz CT molecular complexity index is 646. The molecule has 3 aliphatic heterocycles. The predicted octanol–water partition coefficient (Wildman–Crippen LogP) is 1.94. The Hall–Kier alpha value is -2.08. The van der Waals surface area contributed by atoms with E-state index < -0.39 is 5.60 Å². The van der Waals surface area contributed by atoms with Crippen LogP contribution in [0.5, 0.6) is 5.75 Å². The van der Waals surface area contributed by atoms with Gasteiger partial charge in [-0.2, -0.15) is 0 Å². The van der Waals surface area contributed by atoms with E-state index in [4.69, 9.17) is 9.47 Å². The first-order valence-corrected chi connectivity index (χ1v) is 8.60. The van der Waals surface area contributed by atoms with Crippen LogP contribution in [0.1, 0.15) is 29.6 Å². The third kappa shape index (κ3) is 2.75. The lowest BCUT2D eigenvalue weighted by Crippen LogP contribution is -2.55. The van der Waals surface area contributed by atoms with E-state index in [1.807, 2.05) is 34.1 Å². The number of fused-ring (bicyclic) bond motifs is 1. The first-order valence-electron chi connectivity index (χ1n) is 8.60. The van der Waals surface area contributed by atoms with Crippen LogP contribution in [0.25, 0.3) is 0 Å². The van der Waals surface area contributed by atoms with E-state index in [2.05, 4.69) is 0 Å². The molecule has 3 heterocycles. The zero-order valence-corrected chi connectivity index (χ0v) is 13.7. The van der Waals surface area contributed by atoms with Gasteiger partial charge in [0.1, 0.15) is 11.4 Å². The number of para-hydroxylation sites is 1. The van der Waals surface area contributed by atoms with Gasteiger partial charge in [0.25, 0.3) is 0 Å². The summed E-state index contributed by atoms with van der Waals surface area (Å²) in [5.74, 6) is 0.825. The molecule has 0 aliphatic carbocycles. The number of benzene rings is 1. The topological polar surface area (TPSA) is 59.1 Å². The number of morpholine rings is 1. The second-order valence-corrected chi connectivity index (χ2v) is 6.75. The molecule has 1 spiro atoms. The van der Waals surface area contributed by atoms with Crippen LogP contribution < -0.4 is 4.74 Å². The molecule has 128 valence electrons. The molecule has 0 aromatic heterocycles. The highest BCUT2D eigenvalue weighted by Crippen LogP contribution is 2.39. The summed E-state index contributed by atoms with van der Waals surface area (Å²) in [6.45, 7) is 3.79. The summed E-state index contributed by atoms with van der Waals surface area (Å²) in [7, 11) is 0. The number of hydrogen-bond acceptors (Lipinski definition) is 4. The minimum absolute atomic E-state index is 0.0793. The van der Waals surface area contributed by atoms with E-state index >= 15 is 0 Å². The normalized spacial score (nSPS) is 22.9. The second-order valence-electron chi connectivity index (χ2n) is 6.75. The van der Waals surface area contributed by atoms with Gasteiger partial charge in [-0.05, 0) is 12.1 Å². The number of ether oxygens (including phenoxy) is 2. The molecule has 3 aliphatic rings. The Balaban J connectivity index is 1.43. The zero-order valence-electron chi connectivity index (χ0n) is 13.7. The summed E-state index contributed by atoms with van der Waals surface area (Å²) in [5.41, 5.74) is 0.225. The SMILES string of the molecule is O=C1CC2(CCN(C(=O)N3CCOCC3)CC2)Oc2ccccc21. The molecule has 2 amide bonds. The van der Waals surface area contributed by atoms with Crippen LogP contribution >= 0.6 is 0 Å². The van der Waals surface area contributed by atoms with E-state index in [0.717, 1.165) is 0 Å². The molecule has 0 saturated carbocycles. The number of Topliss-reactive ketones (excluding diaryl/α,β-unsaturated/α-hetero) is 1. The maximum Gasteiger partial charge on any atom is 0.320 e. The van der Waals surface area contributed by atoms with Crippen molar-refractivity contribution < 1.29 is 19.1 Å². The standard InChI is InChI=1S/C18H22N2O4/c21-15-13-18(24-16-4-2-1-3-14(15)16)5-7-19(8-6-18)17(22)20-9-11-23-12-10-20/h1-4H,5-13H2. The molecule has 0 bridgehead atoms. The maximum atomic E-state index is 12.6. The smallest absolute Gasteiger partial charge is 0.320 e. The van der Waals surface area contributed by atoms with Gasteiger partial charge in [0.15, 0.2) is 5.78 Å². The number of amides is 2. The van der Waals surface area contributed by atoms with Crippen molar-refractivity contribution in [1.29, 1.82) is 0 Å². The maximum absolute atomic E-state index is 12.6. The van der Waals surface area contributed by atoms with Crippen LogP contribution in [0.3, 0.4) is 0 Å². The lowest BCUT2D eigenvalue weighted by molar-refractivity contribution is -0.00893. The van der Waals surface area contributed by atoms with Crippen LogP contribution in [0, 0.1) is 0 Å². The molecule has 1 aromatic carbocycles. The first-order chi connectivity index (χ1) is 11.7. The summed E-state index contributed by atoms with van der Waals surface area (Å²) in [5, 5.41) is 0. The average molecular weight is 330 g/mol. The quantitative estimate of drug-likeness (QED) is 0.729. The highest BCUT2D eigenvalue weighted by atomic mass is 16.5. The van der Waals surface area contributed by atoms with Gasteiger partial charge in [-0.3, -0.25) is 4.79 Å². The van der Waals surface area contributed by atoms with Crippen LogP contribution in [0.2, 0.25) is 0 Å². The third-order valence-corrected chi connectivity index (χ3v) is 5.22. The number of nitrogens with zero attached hydrogens (tertiary/aromatic N) is 2. The molecule has 6 heteroatoms. The number of rotatable bonds is 0. The molecule has 24 heavy (non-hydrogen) atoms. The van der Waals surface area contributed by atoms with Gasteiger partial charge in [0, 0.05) is 39.0 Å². The zero-order chi connectivity index (χ0) is 16.6. The van der Waals surface area contributed by atoms with Gasteiger partial charge < -0.3 is 19.3 Å². The van der Waals surface area contributed by atoms with Gasteiger partial charge in [-0.1, -0.05) is 12.1 Å². The molecular weight excluding hydrogens is 308 g/mol. The van der Waals surface area contributed by atoms with Gasteiger partial charge in [-0.25, -0.2) is 4.79 Å². The van der Waals surface area contributed by atoms with Crippen molar-refractivity contribution >= 4 is 11.8 Å². The molecule has 0 unspecified atom stereocenters.